The molecule has 0 aromatic heterocycles. The van der Waals surface area contributed by atoms with Crippen molar-refractivity contribution in [1.29, 1.82) is 0 Å². The lowest BCUT2D eigenvalue weighted by atomic mass is 10.1. The summed E-state index contributed by atoms with van der Waals surface area (Å²) in [5.41, 5.74) is 0. The second-order valence-electron chi connectivity index (χ2n) is 11.1. The number of ether oxygens (including phenoxy) is 1. The van der Waals surface area contributed by atoms with E-state index in [0.717, 1.165) is 57.8 Å². The van der Waals surface area contributed by atoms with E-state index in [1.807, 2.05) is 0 Å². The first kappa shape index (κ1) is 37.9. The summed E-state index contributed by atoms with van der Waals surface area (Å²) in [6.45, 7) is 4.12. The molecule has 1 unspecified atom stereocenters. The Morgan fingerprint density at radius 3 is 1.85 bits per heavy atom. The monoisotopic (exact) mass is 563 g/mol. The van der Waals surface area contributed by atoms with Gasteiger partial charge in [-0.2, -0.15) is 0 Å². The summed E-state index contributed by atoms with van der Waals surface area (Å²) in [6, 6.07) is 0. The van der Waals surface area contributed by atoms with Crippen LogP contribution >= 0.6 is 0 Å². The third-order valence-corrected chi connectivity index (χ3v) is 7.06. The molecule has 1 atom stereocenters. The minimum absolute atomic E-state index is 0.0943. The molecule has 0 aliphatic rings. The highest BCUT2D eigenvalue weighted by atomic mass is 16.5. The molecule has 1 amide bonds. The summed E-state index contributed by atoms with van der Waals surface area (Å²) in [5, 5.41) is 11.0. The molecule has 0 fully saturated rings. The van der Waals surface area contributed by atoms with Crippen molar-refractivity contribution >= 4 is 17.8 Å². The van der Waals surface area contributed by atoms with Crippen LogP contribution in [0.4, 0.5) is 0 Å². The van der Waals surface area contributed by atoms with Crippen molar-refractivity contribution in [3.63, 3.8) is 0 Å². The lowest BCUT2D eigenvalue weighted by Gasteiger charge is -2.15. The maximum absolute atomic E-state index is 12.5. The number of hydrogen-bond donors (Lipinski definition) is 2. The van der Waals surface area contributed by atoms with Crippen LogP contribution in [0.1, 0.15) is 162 Å². The van der Waals surface area contributed by atoms with E-state index < -0.39 is 5.97 Å². The average Bonchev–Trinajstić information content (AvgIpc) is 2.93. The van der Waals surface area contributed by atoms with E-state index in [0.29, 0.717) is 12.8 Å². The minimum atomic E-state index is -1.03. The van der Waals surface area contributed by atoms with Gasteiger partial charge in [0, 0.05) is 12.8 Å². The van der Waals surface area contributed by atoms with Crippen LogP contribution in [0.5, 0.6) is 0 Å². The van der Waals surface area contributed by atoms with Gasteiger partial charge in [-0.05, 0) is 63.9 Å². The summed E-state index contributed by atoms with van der Waals surface area (Å²) in [4.78, 5) is 34.7. The summed E-state index contributed by atoms with van der Waals surface area (Å²) in [7, 11) is 0. The Bertz CT molecular complexity index is 673. The molecule has 0 spiro atoms. The quantitative estimate of drug-likeness (QED) is 0.0537. The standard InChI is InChI=1S/C34H61NO5/c1-3-5-7-9-11-13-15-17-19-25-29-34(39)40-31(26-22-18-16-14-12-10-8-6-4-2)27-23-20-21-24-28-32(36)35-30-33(37)38/h7,9,22,26,31H,3-6,8,10-21,23-25,27-30H2,1-2H3,(H,35,36)(H,37,38)/b9-7-,26-22-. The van der Waals surface area contributed by atoms with Crippen molar-refractivity contribution in [2.75, 3.05) is 6.54 Å². The molecule has 0 saturated carbocycles. The number of carboxylic acid groups (broad SMARTS) is 1. The van der Waals surface area contributed by atoms with Crippen LogP contribution < -0.4 is 5.32 Å². The molecule has 0 radical (unpaired) electrons. The number of esters is 1. The summed E-state index contributed by atoms with van der Waals surface area (Å²) < 4.78 is 5.85. The van der Waals surface area contributed by atoms with E-state index in [4.69, 9.17) is 9.84 Å². The molecule has 0 heterocycles. The maximum Gasteiger partial charge on any atom is 0.322 e. The fraction of sp³-hybridized carbons (Fsp3) is 0.794. The molecule has 0 aromatic rings. The van der Waals surface area contributed by atoms with E-state index in [2.05, 4.69) is 43.5 Å². The third kappa shape index (κ3) is 28.9. The van der Waals surface area contributed by atoms with Crippen LogP contribution in [0, 0.1) is 0 Å². The largest absolute Gasteiger partial charge is 0.480 e. The molecule has 6 heteroatoms. The predicted molar refractivity (Wildman–Crippen MR) is 166 cm³/mol. The van der Waals surface area contributed by atoms with Crippen molar-refractivity contribution < 1.29 is 24.2 Å². The average molecular weight is 564 g/mol. The number of hydrogen-bond acceptors (Lipinski definition) is 4. The number of nitrogens with one attached hydrogen (secondary N) is 1. The van der Waals surface area contributed by atoms with Gasteiger partial charge in [-0.3, -0.25) is 14.4 Å². The Hall–Kier alpha value is -2.11. The summed E-state index contributed by atoms with van der Waals surface area (Å²) in [5.74, 6) is -1.34. The Balaban J connectivity index is 4.26. The number of carbonyl (C=O) groups excluding carboxylic acids is 2. The Morgan fingerprint density at radius 2 is 1.20 bits per heavy atom. The Kier molecular flexibility index (Phi) is 28.3. The Morgan fingerprint density at radius 1 is 0.650 bits per heavy atom. The van der Waals surface area contributed by atoms with Crippen LogP contribution in [0.25, 0.3) is 0 Å². The predicted octanol–water partition coefficient (Wildman–Crippen LogP) is 9.22. The second kappa shape index (κ2) is 29.9. The fourth-order valence-corrected chi connectivity index (χ4v) is 4.60. The van der Waals surface area contributed by atoms with Gasteiger partial charge in [-0.1, -0.05) is 109 Å². The number of carboxylic acids is 1. The van der Waals surface area contributed by atoms with Crippen LogP contribution in [-0.2, 0) is 19.1 Å². The van der Waals surface area contributed by atoms with Gasteiger partial charge in [0.25, 0.3) is 0 Å². The zero-order valence-electron chi connectivity index (χ0n) is 25.9. The summed E-state index contributed by atoms with van der Waals surface area (Å²) in [6.07, 6.45) is 33.0. The smallest absolute Gasteiger partial charge is 0.322 e. The van der Waals surface area contributed by atoms with Crippen molar-refractivity contribution in [1.82, 2.24) is 5.32 Å². The van der Waals surface area contributed by atoms with Gasteiger partial charge in [0.2, 0.25) is 5.91 Å². The summed E-state index contributed by atoms with van der Waals surface area (Å²) >= 11 is 0. The lowest BCUT2D eigenvalue weighted by molar-refractivity contribution is -0.147. The van der Waals surface area contributed by atoms with Gasteiger partial charge in [0.1, 0.15) is 12.6 Å². The number of allylic oxidation sites excluding steroid dienone is 3. The van der Waals surface area contributed by atoms with Crippen molar-refractivity contribution in [2.24, 2.45) is 0 Å². The molecular formula is C34H61NO5. The van der Waals surface area contributed by atoms with Gasteiger partial charge in [-0.15, -0.1) is 0 Å². The molecule has 6 nitrogen and oxygen atoms in total. The van der Waals surface area contributed by atoms with Crippen LogP contribution in [0.15, 0.2) is 24.3 Å². The highest BCUT2D eigenvalue weighted by Gasteiger charge is 2.12. The first-order chi connectivity index (χ1) is 19.5. The van der Waals surface area contributed by atoms with Crippen LogP contribution in [0.2, 0.25) is 0 Å². The highest BCUT2D eigenvalue weighted by molar-refractivity contribution is 5.80. The Labute approximate surface area is 245 Å². The van der Waals surface area contributed by atoms with E-state index in [1.165, 1.54) is 77.0 Å². The number of carbonyl (C=O) groups is 3. The number of unbranched alkanes of at least 4 members (excludes halogenated alkanes) is 16. The van der Waals surface area contributed by atoms with E-state index in [1.54, 1.807) is 0 Å². The van der Waals surface area contributed by atoms with Gasteiger partial charge in [0.05, 0.1) is 0 Å². The zero-order chi connectivity index (χ0) is 29.5. The van der Waals surface area contributed by atoms with Crippen molar-refractivity contribution in [2.45, 2.75) is 168 Å². The number of amides is 1. The SMILES string of the molecule is CCC/C=C\CCCCCCCC(=O)OC(/C=C\CCCCCCCCC)CCCCCCC(=O)NCC(=O)O. The number of aliphatic carboxylic acids is 1. The second-order valence-corrected chi connectivity index (χ2v) is 11.1. The minimum Gasteiger partial charge on any atom is -0.480 e. The molecular weight excluding hydrogens is 502 g/mol. The lowest BCUT2D eigenvalue weighted by Crippen LogP contribution is -2.28. The first-order valence-electron chi connectivity index (χ1n) is 16.5. The molecule has 0 rings (SSSR count). The number of rotatable bonds is 29. The molecule has 0 aliphatic heterocycles. The molecule has 2 N–H and O–H groups in total. The molecule has 0 saturated heterocycles. The normalized spacial score (nSPS) is 12.2. The molecule has 0 aromatic carbocycles. The van der Waals surface area contributed by atoms with Crippen molar-refractivity contribution in [3.8, 4) is 0 Å². The highest BCUT2D eigenvalue weighted by Crippen LogP contribution is 2.15. The van der Waals surface area contributed by atoms with Crippen LogP contribution in [0.3, 0.4) is 0 Å². The van der Waals surface area contributed by atoms with E-state index in [-0.39, 0.29) is 24.5 Å². The van der Waals surface area contributed by atoms with E-state index in [9.17, 15) is 14.4 Å². The topological polar surface area (TPSA) is 92.7 Å². The van der Waals surface area contributed by atoms with Gasteiger partial charge in [0.15, 0.2) is 0 Å². The fourth-order valence-electron chi connectivity index (χ4n) is 4.60. The first-order valence-corrected chi connectivity index (χ1v) is 16.5. The zero-order valence-corrected chi connectivity index (χ0v) is 25.9. The van der Waals surface area contributed by atoms with Crippen LogP contribution in [-0.4, -0.2) is 35.6 Å². The molecule has 0 bridgehead atoms. The van der Waals surface area contributed by atoms with Gasteiger partial charge >= 0.3 is 11.9 Å². The van der Waals surface area contributed by atoms with Crippen molar-refractivity contribution in [3.05, 3.63) is 24.3 Å². The maximum atomic E-state index is 12.5. The third-order valence-electron chi connectivity index (χ3n) is 7.06. The molecule has 0 aliphatic carbocycles. The molecule has 232 valence electrons. The van der Waals surface area contributed by atoms with E-state index >= 15 is 0 Å². The van der Waals surface area contributed by atoms with Gasteiger partial charge < -0.3 is 15.2 Å². The molecule has 40 heavy (non-hydrogen) atoms. The van der Waals surface area contributed by atoms with Gasteiger partial charge in [-0.25, -0.2) is 0 Å².